The maximum atomic E-state index is 13.2. The molecule has 3 aromatic carbocycles. The van der Waals surface area contributed by atoms with Gasteiger partial charge in [0.15, 0.2) is 5.69 Å². The molecule has 0 saturated carbocycles. The predicted molar refractivity (Wildman–Crippen MR) is 123 cm³/mol. The van der Waals surface area contributed by atoms with Crippen molar-refractivity contribution in [1.29, 1.82) is 0 Å². The van der Waals surface area contributed by atoms with Crippen LogP contribution < -0.4 is 10.6 Å². The first-order valence-electron chi connectivity index (χ1n) is 10.3. The zero-order valence-corrected chi connectivity index (χ0v) is 18.2. The van der Waals surface area contributed by atoms with Crippen LogP contribution >= 0.6 is 0 Å². The molecule has 7 nitrogen and oxygen atoms in total. The van der Waals surface area contributed by atoms with Crippen LogP contribution in [0.4, 0.5) is 10.1 Å². The van der Waals surface area contributed by atoms with Crippen LogP contribution in [0.5, 0.6) is 0 Å². The number of aromatic nitrogens is 3. The highest BCUT2D eigenvalue weighted by Crippen LogP contribution is 2.15. The fourth-order valence-electron chi connectivity index (χ4n) is 3.30. The second-order valence-corrected chi connectivity index (χ2v) is 7.61. The summed E-state index contributed by atoms with van der Waals surface area (Å²) in [5.74, 6) is -0.939. The highest BCUT2D eigenvalue weighted by molar-refractivity contribution is 6.04. The van der Waals surface area contributed by atoms with Gasteiger partial charge in [0.05, 0.1) is 11.4 Å². The van der Waals surface area contributed by atoms with Crippen molar-refractivity contribution in [3.05, 3.63) is 107 Å². The smallest absolute Gasteiger partial charge is 0.274 e. The van der Waals surface area contributed by atoms with Crippen LogP contribution in [-0.2, 0) is 6.54 Å². The standard InChI is InChI=1S/C25H22FN5O2/c1-16-6-8-19(9-7-16)24(32)28-21-5-3-4-18(14-21)15-27-25(33)23-17(2)31(30-29-23)22-12-10-20(26)11-13-22/h3-14H,15H2,1-2H3,(H,27,33)(H,28,32). The molecule has 0 saturated heterocycles. The number of carbonyl (C=O) groups is 2. The third-order valence-corrected chi connectivity index (χ3v) is 5.13. The summed E-state index contributed by atoms with van der Waals surface area (Å²) < 4.78 is 14.6. The lowest BCUT2D eigenvalue weighted by Gasteiger charge is -2.09. The highest BCUT2D eigenvalue weighted by Gasteiger charge is 2.17. The quantitative estimate of drug-likeness (QED) is 0.467. The van der Waals surface area contributed by atoms with Crippen molar-refractivity contribution in [2.45, 2.75) is 20.4 Å². The van der Waals surface area contributed by atoms with Gasteiger partial charge in [0.1, 0.15) is 5.82 Å². The van der Waals surface area contributed by atoms with Gasteiger partial charge < -0.3 is 10.6 Å². The summed E-state index contributed by atoms with van der Waals surface area (Å²) in [4.78, 5) is 25.1. The van der Waals surface area contributed by atoms with Gasteiger partial charge >= 0.3 is 0 Å². The van der Waals surface area contributed by atoms with E-state index in [1.165, 1.54) is 16.8 Å². The molecular weight excluding hydrogens is 421 g/mol. The molecule has 0 unspecified atom stereocenters. The van der Waals surface area contributed by atoms with Gasteiger partial charge in [-0.15, -0.1) is 5.10 Å². The van der Waals surface area contributed by atoms with E-state index in [9.17, 15) is 14.0 Å². The van der Waals surface area contributed by atoms with Crippen LogP contribution in [0.1, 0.15) is 37.7 Å². The average molecular weight is 443 g/mol. The molecule has 1 aromatic heterocycles. The first kappa shape index (κ1) is 21.9. The van der Waals surface area contributed by atoms with Gasteiger partial charge in [-0.2, -0.15) is 0 Å². The van der Waals surface area contributed by atoms with Gasteiger partial charge in [-0.1, -0.05) is 35.0 Å². The monoisotopic (exact) mass is 443 g/mol. The molecule has 0 aliphatic heterocycles. The molecule has 2 amide bonds. The topological polar surface area (TPSA) is 88.9 Å². The van der Waals surface area contributed by atoms with Crippen molar-refractivity contribution >= 4 is 17.5 Å². The summed E-state index contributed by atoms with van der Waals surface area (Å²) in [5, 5.41) is 13.7. The van der Waals surface area contributed by atoms with Gasteiger partial charge in [0.2, 0.25) is 0 Å². The van der Waals surface area contributed by atoms with E-state index in [-0.39, 0.29) is 29.9 Å². The number of hydrogen-bond acceptors (Lipinski definition) is 4. The van der Waals surface area contributed by atoms with Crippen molar-refractivity contribution in [2.75, 3.05) is 5.32 Å². The average Bonchev–Trinajstić information content (AvgIpc) is 3.20. The zero-order chi connectivity index (χ0) is 23.4. The minimum Gasteiger partial charge on any atom is -0.347 e. The van der Waals surface area contributed by atoms with Crippen molar-refractivity contribution in [2.24, 2.45) is 0 Å². The lowest BCUT2D eigenvalue weighted by Crippen LogP contribution is -2.24. The lowest BCUT2D eigenvalue weighted by atomic mass is 10.1. The minimum atomic E-state index is -0.380. The Morgan fingerprint density at radius 2 is 1.67 bits per heavy atom. The summed E-state index contributed by atoms with van der Waals surface area (Å²) in [5.41, 5.74) is 4.43. The van der Waals surface area contributed by atoms with Gasteiger partial charge in [-0.05, 0) is 67.9 Å². The summed E-state index contributed by atoms with van der Waals surface area (Å²) >= 11 is 0. The largest absolute Gasteiger partial charge is 0.347 e. The molecule has 4 rings (SSSR count). The maximum absolute atomic E-state index is 13.2. The molecule has 4 aromatic rings. The molecule has 0 bridgehead atoms. The normalized spacial score (nSPS) is 10.6. The van der Waals surface area contributed by atoms with Crippen molar-refractivity contribution < 1.29 is 14.0 Å². The molecule has 0 aliphatic carbocycles. The van der Waals surface area contributed by atoms with E-state index in [2.05, 4.69) is 20.9 Å². The van der Waals surface area contributed by atoms with Crippen LogP contribution in [0.15, 0.2) is 72.8 Å². The van der Waals surface area contributed by atoms with E-state index in [0.717, 1.165) is 11.1 Å². The molecule has 0 aliphatic rings. The fourth-order valence-corrected chi connectivity index (χ4v) is 3.30. The van der Waals surface area contributed by atoms with E-state index >= 15 is 0 Å². The molecule has 0 spiro atoms. The van der Waals surface area contributed by atoms with Gasteiger partial charge in [0, 0.05) is 17.8 Å². The number of anilines is 1. The predicted octanol–water partition coefficient (Wildman–Crippen LogP) is 4.21. The second kappa shape index (κ2) is 9.44. The second-order valence-electron chi connectivity index (χ2n) is 7.61. The number of nitrogens with one attached hydrogen (secondary N) is 2. The summed E-state index contributed by atoms with van der Waals surface area (Å²) in [6.45, 7) is 3.93. The summed E-state index contributed by atoms with van der Waals surface area (Å²) in [6.07, 6.45) is 0. The van der Waals surface area contributed by atoms with E-state index < -0.39 is 0 Å². The van der Waals surface area contributed by atoms with E-state index in [0.29, 0.717) is 22.6 Å². The van der Waals surface area contributed by atoms with E-state index in [1.54, 1.807) is 43.3 Å². The number of aryl methyl sites for hydroxylation is 1. The van der Waals surface area contributed by atoms with Gasteiger partial charge in [-0.25, -0.2) is 9.07 Å². The maximum Gasteiger partial charge on any atom is 0.274 e. The van der Waals surface area contributed by atoms with Crippen molar-refractivity contribution in [1.82, 2.24) is 20.3 Å². The third-order valence-electron chi connectivity index (χ3n) is 5.13. The molecule has 0 atom stereocenters. The lowest BCUT2D eigenvalue weighted by molar-refractivity contribution is 0.0944. The third kappa shape index (κ3) is 5.12. The number of hydrogen-bond donors (Lipinski definition) is 2. The first-order chi connectivity index (χ1) is 15.9. The van der Waals surface area contributed by atoms with Gasteiger partial charge in [-0.3, -0.25) is 9.59 Å². The van der Waals surface area contributed by atoms with Crippen LogP contribution in [0, 0.1) is 19.7 Å². The number of rotatable bonds is 6. The minimum absolute atomic E-state index is 0.183. The Bertz CT molecular complexity index is 1300. The van der Waals surface area contributed by atoms with Crippen LogP contribution in [-0.4, -0.2) is 26.8 Å². The van der Waals surface area contributed by atoms with Crippen LogP contribution in [0.25, 0.3) is 5.69 Å². The molecule has 166 valence electrons. The first-order valence-corrected chi connectivity index (χ1v) is 10.3. The van der Waals surface area contributed by atoms with Crippen LogP contribution in [0.2, 0.25) is 0 Å². The summed E-state index contributed by atoms with van der Waals surface area (Å²) in [7, 11) is 0. The molecule has 2 N–H and O–H groups in total. The molecular formula is C25H22FN5O2. The van der Waals surface area contributed by atoms with Crippen LogP contribution in [0.3, 0.4) is 0 Å². The zero-order valence-electron chi connectivity index (χ0n) is 18.2. The van der Waals surface area contributed by atoms with Crippen molar-refractivity contribution in [3.63, 3.8) is 0 Å². The number of carbonyl (C=O) groups excluding carboxylic acids is 2. The summed E-state index contributed by atoms with van der Waals surface area (Å²) in [6, 6.07) is 20.3. The number of nitrogens with zero attached hydrogens (tertiary/aromatic N) is 3. The van der Waals surface area contributed by atoms with E-state index in [4.69, 9.17) is 0 Å². The molecule has 33 heavy (non-hydrogen) atoms. The Labute approximate surface area is 190 Å². The number of halogens is 1. The Morgan fingerprint density at radius 3 is 2.39 bits per heavy atom. The Balaban J connectivity index is 1.40. The Hall–Kier alpha value is -4.33. The Morgan fingerprint density at radius 1 is 0.939 bits per heavy atom. The van der Waals surface area contributed by atoms with E-state index in [1.807, 2.05) is 31.2 Å². The molecule has 8 heteroatoms. The number of amides is 2. The van der Waals surface area contributed by atoms with Gasteiger partial charge in [0.25, 0.3) is 11.8 Å². The Kier molecular flexibility index (Phi) is 6.26. The molecule has 0 fully saturated rings. The van der Waals surface area contributed by atoms with Crippen molar-refractivity contribution in [3.8, 4) is 5.69 Å². The number of benzene rings is 3. The SMILES string of the molecule is Cc1ccc(C(=O)Nc2cccc(CNC(=O)c3nnn(-c4ccc(F)cc4)c3C)c2)cc1. The molecule has 0 radical (unpaired) electrons. The molecule has 1 heterocycles. The fraction of sp³-hybridized carbons (Fsp3) is 0.120. The highest BCUT2D eigenvalue weighted by atomic mass is 19.1.